The summed E-state index contributed by atoms with van der Waals surface area (Å²) in [6, 6.07) is 5.12. The van der Waals surface area contributed by atoms with Crippen molar-refractivity contribution in [2.45, 2.75) is 56.4 Å². The molecule has 0 atom stereocenters. The lowest BCUT2D eigenvalue weighted by Gasteiger charge is -2.16. The van der Waals surface area contributed by atoms with Crippen molar-refractivity contribution in [2.75, 3.05) is 20.2 Å². The van der Waals surface area contributed by atoms with Crippen molar-refractivity contribution in [1.29, 1.82) is 0 Å². The van der Waals surface area contributed by atoms with Gasteiger partial charge in [-0.2, -0.15) is 0 Å². The van der Waals surface area contributed by atoms with Gasteiger partial charge in [0, 0.05) is 19.1 Å². The van der Waals surface area contributed by atoms with Gasteiger partial charge in [0.2, 0.25) is 10.0 Å². The number of ether oxygens (including phenoxy) is 1. The summed E-state index contributed by atoms with van der Waals surface area (Å²) < 4.78 is 32.4. The number of carbonyl (C=O) groups excluding carboxylic acids is 1. The number of rotatable bonds is 7. The highest BCUT2D eigenvalue weighted by atomic mass is 32.2. The lowest BCUT2D eigenvalue weighted by molar-refractivity contribution is 0.0596. The molecule has 1 aliphatic carbocycles. The van der Waals surface area contributed by atoms with Crippen LogP contribution in [0.3, 0.4) is 0 Å². The third-order valence-corrected chi connectivity index (χ3v) is 6.05. The molecule has 2 rings (SSSR count). The van der Waals surface area contributed by atoms with Crippen molar-refractivity contribution in [3.05, 3.63) is 29.3 Å². The molecule has 0 heterocycles. The summed E-state index contributed by atoms with van der Waals surface area (Å²) in [7, 11) is -2.52. The Morgan fingerprint density at radius 1 is 1.16 bits per heavy atom. The molecule has 0 spiro atoms. The average Bonchev–Trinajstić information content (AvgIpc) is 2.86. The summed E-state index contributed by atoms with van der Waals surface area (Å²) >= 11 is 0. The summed E-state index contributed by atoms with van der Waals surface area (Å²) in [4.78, 5) is 11.8. The lowest BCUT2D eigenvalue weighted by Crippen LogP contribution is -2.37. The Balaban J connectivity index is 1.96. The zero-order valence-electron chi connectivity index (χ0n) is 15.0. The van der Waals surface area contributed by atoms with Crippen LogP contribution in [-0.2, 0) is 14.8 Å². The van der Waals surface area contributed by atoms with Crippen molar-refractivity contribution >= 4 is 16.0 Å². The van der Waals surface area contributed by atoms with E-state index in [4.69, 9.17) is 4.74 Å². The molecular formula is C18H28N2O4S. The van der Waals surface area contributed by atoms with E-state index in [9.17, 15) is 13.2 Å². The van der Waals surface area contributed by atoms with Gasteiger partial charge in [-0.25, -0.2) is 17.9 Å². The Bertz CT molecular complexity index is 680. The normalized spacial score (nSPS) is 16.4. The predicted octanol–water partition coefficient (Wildman–Crippen LogP) is 2.37. The molecule has 1 fully saturated rings. The Hall–Kier alpha value is -1.44. The van der Waals surface area contributed by atoms with E-state index in [1.165, 1.54) is 44.9 Å². The van der Waals surface area contributed by atoms with E-state index in [0.29, 0.717) is 12.6 Å². The number of carbonyl (C=O) groups is 1. The molecule has 0 bridgehead atoms. The van der Waals surface area contributed by atoms with Crippen LogP contribution in [0.5, 0.6) is 0 Å². The molecule has 25 heavy (non-hydrogen) atoms. The minimum Gasteiger partial charge on any atom is -0.465 e. The summed E-state index contributed by atoms with van der Waals surface area (Å²) in [5.74, 6) is -0.652. The lowest BCUT2D eigenvalue weighted by atomic mass is 10.1. The standard InChI is InChI=1S/C18H28N2O4S/c1-14-9-10-17(16(13-14)18(21)24-2)25(22,23)20-12-11-19-15-7-5-3-4-6-8-15/h9-10,13,15,19-20H,3-8,11-12H2,1-2H3. The zero-order chi connectivity index (χ0) is 18.3. The molecule has 2 N–H and O–H groups in total. The maximum atomic E-state index is 12.5. The number of hydrogen-bond acceptors (Lipinski definition) is 5. The van der Waals surface area contributed by atoms with Gasteiger partial charge in [-0.15, -0.1) is 0 Å². The third-order valence-electron chi connectivity index (χ3n) is 4.54. The van der Waals surface area contributed by atoms with E-state index in [1.54, 1.807) is 13.0 Å². The molecule has 0 aromatic heterocycles. The number of nitrogens with one attached hydrogen (secondary N) is 2. The van der Waals surface area contributed by atoms with Crippen molar-refractivity contribution in [1.82, 2.24) is 10.0 Å². The van der Waals surface area contributed by atoms with Crippen molar-refractivity contribution < 1.29 is 17.9 Å². The molecule has 0 saturated heterocycles. The molecule has 1 saturated carbocycles. The first-order chi connectivity index (χ1) is 11.9. The number of hydrogen-bond donors (Lipinski definition) is 2. The van der Waals surface area contributed by atoms with Gasteiger partial charge in [0.1, 0.15) is 0 Å². The predicted molar refractivity (Wildman–Crippen MR) is 97.2 cm³/mol. The minimum absolute atomic E-state index is 0.0422. The second-order valence-corrected chi connectivity index (χ2v) is 8.27. The van der Waals surface area contributed by atoms with Crippen molar-refractivity contribution in [3.8, 4) is 0 Å². The van der Waals surface area contributed by atoms with E-state index < -0.39 is 16.0 Å². The van der Waals surface area contributed by atoms with Gasteiger partial charge in [-0.3, -0.25) is 0 Å². The van der Waals surface area contributed by atoms with E-state index in [2.05, 4.69) is 10.0 Å². The quantitative estimate of drug-likeness (QED) is 0.438. The Morgan fingerprint density at radius 2 is 1.84 bits per heavy atom. The maximum absolute atomic E-state index is 12.5. The molecule has 0 aliphatic heterocycles. The van der Waals surface area contributed by atoms with Gasteiger partial charge >= 0.3 is 5.97 Å². The summed E-state index contributed by atoms with van der Waals surface area (Å²) in [6.07, 6.45) is 7.34. The highest BCUT2D eigenvalue weighted by Crippen LogP contribution is 2.19. The first-order valence-corrected chi connectivity index (χ1v) is 10.3. The Kier molecular flexibility index (Phi) is 7.40. The fourth-order valence-corrected chi connectivity index (χ4v) is 4.38. The van der Waals surface area contributed by atoms with Crippen LogP contribution < -0.4 is 10.0 Å². The van der Waals surface area contributed by atoms with Crippen LogP contribution in [-0.4, -0.2) is 40.6 Å². The van der Waals surface area contributed by atoms with Crippen molar-refractivity contribution in [2.24, 2.45) is 0 Å². The second kappa shape index (κ2) is 9.31. The van der Waals surface area contributed by atoms with Crippen LogP contribution >= 0.6 is 0 Å². The molecule has 1 aromatic carbocycles. The van der Waals surface area contributed by atoms with Gasteiger partial charge < -0.3 is 10.1 Å². The third kappa shape index (κ3) is 5.80. The zero-order valence-corrected chi connectivity index (χ0v) is 15.8. The van der Waals surface area contributed by atoms with Crippen LogP contribution in [0.25, 0.3) is 0 Å². The fourth-order valence-electron chi connectivity index (χ4n) is 3.17. The first kappa shape index (κ1) is 19.9. The molecule has 0 unspecified atom stereocenters. The minimum atomic E-state index is -3.76. The van der Waals surface area contributed by atoms with Crippen LogP contribution in [0.2, 0.25) is 0 Å². The van der Waals surface area contributed by atoms with E-state index >= 15 is 0 Å². The molecule has 0 radical (unpaired) electrons. The van der Waals surface area contributed by atoms with Gasteiger partial charge in [0.15, 0.2) is 0 Å². The van der Waals surface area contributed by atoms with Gasteiger partial charge in [-0.05, 0) is 31.9 Å². The SMILES string of the molecule is COC(=O)c1cc(C)ccc1S(=O)(=O)NCCNC1CCCCCC1. The van der Waals surface area contributed by atoms with Gasteiger partial charge in [0.05, 0.1) is 17.6 Å². The molecule has 140 valence electrons. The van der Waals surface area contributed by atoms with E-state index in [-0.39, 0.29) is 17.0 Å². The number of aryl methyl sites for hydroxylation is 1. The molecule has 6 nitrogen and oxygen atoms in total. The summed E-state index contributed by atoms with van der Waals surface area (Å²) in [6.45, 7) is 2.66. The monoisotopic (exact) mass is 368 g/mol. The number of methoxy groups -OCH3 is 1. The molecular weight excluding hydrogens is 340 g/mol. The van der Waals surface area contributed by atoms with Crippen LogP contribution in [0.15, 0.2) is 23.1 Å². The molecule has 7 heteroatoms. The molecule has 0 amide bonds. The number of benzene rings is 1. The summed E-state index contributed by atoms with van der Waals surface area (Å²) in [5.41, 5.74) is 0.862. The maximum Gasteiger partial charge on any atom is 0.339 e. The Morgan fingerprint density at radius 3 is 2.48 bits per heavy atom. The highest BCUT2D eigenvalue weighted by molar-refractivity contribution is 7.89. The largest absolute Gasteiger partial charge is 0.465 e. The van der Waals surface area contributed by atoms with Gasteiger partial charge in [-0.1, -0.05) is 37.3 Å². The number of sulfonamides is 1. The fraction of sp³-hybridized carbons (Fsp3) is 0.611. The van der Waals surface area contributed by atoms with Crippen LogP contribution in [0.4, 0.5) is 0 Å². The highest BCUT2D eigenvalue weighted by Gasteiger charge is 2.23. The molecule has 1 aromatic rings. The number of esters is 1. The van der Waals surface area contributed by atoms with Gasteiger partial charge in [0.25, 0.3) is 0 Å². The summed E-state index contributed by atoms with van der Waals surface area (Å²) in [5, 5.41) is 3.42. The topological polar surface area (TPSA) is 84.5 Å². The van der Waals surface area contributed by atoms with Crippen molar-refractivity contribution in [3.63, 3.8) is 0 Å². The second-order valence-electron chi connectivity index (χ2n) is 6.53. The molecule has 1 aliphatic rings. The van der Waals surface area contributed by atoms with Crippen LogP contribution in [0.1, 0.15) is 54.4 Å². The average molecular weight is 368 g/mol. The van der Waals surface area contributed by atoms with Crippen LogP contribution in [0, 0.1) is 6.92 Å². The van der Waals surface area contributed by atoms with E-state index in [1.807, 2.05) is 0 Å². The smallest absolute Gasteiger partial charge is 0.339 e. The first-order valence-electron chi connectivity index (χ1n) is 8.86. The Labute approximate surface area is 150 Å². The van der Waals surface area contributed by atoms with E-state index in [0.717, 1.165) is 18.4 Å².